The Labute approximate surface area is 140 Å². The number of hydrogen-bond donors (Lipinski definition) is 1. The molecule has 0 bridgehead atoms. The molecule has 0 amide bonds. The minimum Gasteiger partial charge on any atom is -0.339 e. The van der Waals surface area contributed by atoms with E-state index in [-0.39, 0.29) is 4.90 Å². The molecule has 0 saturated heterocycles. The molecule has 124 valence electrons. The van der Waals surface area contributed by atoms with Gasteiger partial charge in [0, 0.05) is 0 Å². The molecule has 24 heavy (non-hydrogen) atoms. The molecule has 7 heteroatoms. The van der Waals surface area contributed by atoms with Crippen LogP contribution in [-0.2, 0) is 16.4 Å². The molecule has 2 aromatic carbocycles. The summed E-state index contributed by atoms with van der Waals surface area (Å²) in [7, 11) is -3.66. The number of nitrogens with zero attached hydrogens (tertiary/aromatic N) is 2. The number of aryl methyl sites for hydroxylation is 2. The van der Waals surface area contributed by atoms with Crippen LogP contribution in [0.15, 0.2) is 57.9 Å². The summed E-state index contributed by atoms with van der Waals surface area (Å²) in [6.45, 7) is 3.64. The normalized spacial score (nSPS) is 11.4. The number of para-hydroxylation sites is 1. The van der Waals surface area contributed by atoms with Crippen LogP contribution in [0, 0.1) is 13.8 Å². The maximum absolute atomic E-state index is 12.6. The fourth-order valence-electron chi connectivity index (χ4n) is 2.27. The van der Waals surface area contributed by atoms with E-state index in [1.165, 1.54) is 0 Å². The Morgan fingerprint density at radius 1 is 1.04 bits per heavy atom. The summed E-state index contributed by atoms with van der Waals surface area (Å²) in [5.41, 5.74) is 2.26. The monoisotopic (exact) mass is 343 g/mol. The number of aromatic nitrogens is 2. The minimum absolute atomic E-state index is 0.219. The zero-order chi connectivity index (χ0) is 17.2. The molecule has 0 radical (unpaired) electrons. The van der Waals surface area contributed by atoms with Crippen molar-refractivity contribution in [2.24, 2.45) is 0 Å². The second-order valence-corrected chi connectivity index (χ2v) is 7.17. The third-order valence-electron chi connectivity index (χ3n) is 3.50. The molecule has 0 atom stereocenters. The molecule has 0 fully saturated rings. The van der Waals surface area contributed by atoms with Crippen molar-refractivity contribution in [2.75, 3.05) is 4.72 Å². The van der Waals surface area contributed by atoms with Gasteiger partial charge in [0.1, 0.15) is 0 Å². The quantitative estimate of drug-likeness (QED) is 0.769. The highest BCUT2D eigenvalue weighted by Crippen LogP contribution is 2.22. The van der Waals surface area contributed by atoms with E-state index >= 15 is 0 Å². The van der Waals surface area contributed by atoms with E-state index in [9.17, 15) is 8.42 Å². The maximum Gasteiger partial charge on any atom is 0.261 e. The van der Waals surface area contributed by atoms with Gasteiger partial charge in [-0.15, -0.1) is 0 Å². The number of nitrogens with one attached hydrogen (secondary N) is 1. The van der Waals surface area contributed by atoms with E-state index in [0.717, 1.165) is 11.1 Å². The van der Waals surface area contributed by atoms with Crippen LogP contribution in [0.1, 0.15) is 22.8 Å². The molecule has 3 aromatic rings. The fraction of sp³-hybridized carbons (Fsp3) is 0.176. The van der Waals surface area contributed by atoms with Crippen molar-refractivity contribution in [3.05, 3.63) is 71.4 Å². The van der Waals surface area contributed by atoms with Gasteiger partial charge in [0.25, 0.3) is 10.0 Å². The van der Waals surface area contributed by atoms with Gasteiger partial charge in [0.05, 0.1) is 17.0 Å². The van der Waals surface area contributed by atoms with Gasteiger partial charge in [-0.2, -0.15) is 4.98 Å². The number of sulfonamides is 1. The van der Waals surface area contributed by atoms with Crippen LogP contribution in [0.4, 0.5) is 5.69 Å². The molecule has 1 aromatic heterocycles. The van der Waals surface area contributed by atoms with E-state index in [2.05, 4.69) is 14.9 Å². The second kappa shape index (κ2) is 6.45. The zero-order valence-electron chi connectivity index (χ0n) is 13.4. The van der Waals surface area contributed by atoms with Crippen LogP contribution in [0.3, 0.4) is 0 Å². The Balaban J connectivity index is 1.88. The molecule has 0 spiro atoms. The standard InChI is InChI=1S/C17H17N3O3S/c1-12-7-9-15(10-8-12)24(21,22)20-16-6-4-3-5-14(16)11-17-18-13(2)19-23-17/h3-10,20H,11H2,1-2H3. The van der Waals surface area contributed by atoms with Gasteiger partial charge >= 0.3 is 0 Å². The first-order chi connectivity index (χ1) is 11.4. The van der Waals surface area contributed by atoms with E-state index in [4.69, 9.17) is 4.52 Å². The third kappa shape index (κ3) is 3.62. The number of hydrogen-bond acceptors (Lipinski definition) is 5. The molecule has 1 N–H and O–H groups in total. The molecule has 1 heterocycles. The Morgan fingerprint density at radius 3 is 2.42 bits per heavy atom. The first kappa shape index (κ1) is 16.2. The highest BCUT2D eigenvalue weighted by atomic mass is 32.2. The van der Waals surface area contributed by atoms with Gasteiger partial charge in [-0.3, -0.25) is 4.72 Å². The van der Waals surface area contributed by atoms with Crippen molar-refractivity contribution in [1.82, 2.24) is 10.1 Å². The molecule has 6 nitrogen and oxygen atoms in total. The lowest BCUT2D eigenvalue weighted by Gasteiger charge is -2.12. The predicted molar refractivity (Wildman–Crippen MR) is 90.3 cm³/mol. The summed E-state index contributed by atoms with van der Waals surface area (Å²) >= 11 is 0. The summed E-state index contributed by atoms with van der Waals surface area (Å²) < 4.78 is 32.9. The highest BCUT2D eigenvalue weighted by Gasteiger charge is 2.16. The van der Waals surface area contributed by atoms with Crippen molar-refractivity contribution in [2.45, 2.75) is 25.2 Å². The molecule has 0 saturated carbocycles. The van der Waals surface area contributed by atoms with Crippen molar-refractivity contribution >= 4 is 15.7 Å². The van der Waals surface area contributed by atoms with Crippen LogP contribution < -0.4 is 4.72 Å². The summed E-state index contributed by atoms with van der Waals surface area (Å²) in [6, 6.07) is 13.8. The van der Waals surface area contributed by atoms with E-state index in [1.807, 2.05) is 19.1 Å². The molecule has 3 rings (SSSR count). The van der Waals surface area contributed by atoms with Crippen molar-refractivity contribution in [1.29, 1.82) is 0 Å². The number of anilines is 1. The van der Waals surface area contributed by atoms with Gasteiger partial charge in [0.2, 0.25) is 5.89 Å². The zero-order valence-corrected chi connectivity index (χ0v) is 14.2. The first-order valence-corrected chi connectivity index (χ1v) is 8.89. The molecular formula is C17H17N3O3S. The van der Waals surface area contributed by atoms with Gasteiger partial charge in [-0.05, 0) is 37.6 Å². The lowest BCUT2D eigenvalue weighted by molar-refractivity contribution is 0.381. The highest BCUT2D eigenvalue weighted by molar-refractivity contribution is 7.92. The van der Waals surface area contributed by atoms with Crippen LogP contribution in [0.25, 0.3) is 0 Å². The van der Waals surface area contributed by atoms with Crippen LogP contribution >= 0.6 is 0 Å². The molecule has 0 aliphatic rings. The molecule has 0 unspecified atom stereocenters. The van der Waals surface area contributed by atoms with Gasteiger partial charge in [0.15, 0.2) is 5.82 Å². The van der Waals surface area contributed by atoms with Gasteiger partial charge in [-0.25, -0.2) is 8.42 Å². The summed E-state index contributed by atoms with van der Waals surface area (Å²) in [6.07, 6.45) is 0.355. The smallest absolute Gasteiger partial charge is 0.261 e. The number of benzene rings is 2. The van der Waals surface area contributed by atoms with Crippen molar-refractivity contribution in [3.8, 4) is 0 Å². The van der Waals surface area contributed by atoms with Crippen molar-refractivity contribution < 1.29 is 12.9 Å². The lowest BCUT2D eigenvalue weighted by Crippen LogP contribution is -2.14. The lowest BCUT2D eigenvalue weighted by atomic mass is 10.1. The average Bonchev–Trinajstić information content (AvgIpc) is 2.94. The minimum atomic E-state index is -3.66. The SMILES string of the molecule is Cc1ccc(S(=O)(=O)Nc2ccccc2Cc2nc(C)no2)cc1. The summed E-state index contributed by atoms with van der Waals surface area (Å²) in [5, 5.41) is 3.75. The summed E-state index contributed by atoms with van der Waals surface area (Å²) in [4.78, 5) is 4.38. The maximum atomic E-state index is 12.6. The third-order valence-corrected chi connectivity index (χ3v) is 4.89. The molecular weight excluding hydrogens is 326 g/mol. The first-order valence-electron chi connectivity index (χ1n) is 7.40. The molecule has 0 aliphatic carbocycles. The largest absolute Gasteiger partial charge is 0.339 e. The second-order valence-electron chi connectivity index (χ2n) is 5.49. The Morgan fingerprint density at radius 2 is 1.75 bits per heavy atom. The predicted octanol–water partition coefficient (Wildman–Crippen LogP) is 3.08. The Hall–Kier alpha value is -2.67. The number of rotatable bonds is 5. The van der Waals surface area contributed by atoms with Crippen LogP contribution in [-0.4, -0.2) is 18.6 Å². The fourth-order valence-corrected chi connectivity index (χ4v) is 3.37. The van der Waals surface area contributed by atoms with Gasteiger partial charge < -0.3 is 4.52 Å². The van der Waals surface area contributed by atoms with E-state index < -0.39 is 10.0 Å². The topological polar surface area (TPSA) is 85.1 Å². The van der Waals surface area contributed by atoms with Crippen molar-refractivity contribution in [3.63, 3.8) is 0 Å². The Bertz CT molecular complexity index is 947. The van der Waals surface area contributed by atoms with E-state index in [0.29, 0.717) is 23.8 Å². The summed E-state index contributed by atoms with van der Waals surface area (Å²) in [5.74, 6) is 0.984. The van der Waals surface area contributed by atoms with E-state index in [1.54, 1.807) is 43.3 Å². The van der Waals surface area contributed by atoms with Crippen LogP contribution in [0.2, 0.25) is 0 Å². The van der Waals surface area contributed by atoms with Gasteiger partial charge in [-0.1, -0.05) is 41.1 Å². The average molecular weight is 343 g/mol. The molecule has 0 aliphatic heterocycles. The van der Waals surface area contributed by atoms with Crippen LogP contribution in [0.5, 0.6) is 0 Å². The Kier molecular flexibility index (Phi) is 4.35.